The summed E-state index contributed by atoms with van der Waals surface area (Å²) in [6.45, 7) is 2.99. The maximum absolute atomic E-state index is 12.6. The zero-order chi connectivity index (χ0) is 14.6. The van der Waals surface area contributed by atoms with Crippen LogP contribution in [0.1, 0.15) is 58.3 Å². The second-order valence-electron chi connectivity index (χ2n) is 6.62. The molecule has 4 N–H and O–H groups in total. The van der Waals surface area contributed by atoms with Crippen molar-refractivity contribution < 1.29 is 10.0 Å². The van der Waals surface area contributed by atoms with Gasteiger partial charge in [-0.15, -0.1) is 0 Å². The van der Waals surface area contributed by atoms with Crippen molar-refractivity contribution in [3.05, 3.63) is 0 Å². The van der Waals surface area contributed by atoms with E-state index in [9.17, 15) is 4.79 Å². The van der Waals surface area contributed by atoms with Crippen molar-refractivity contribution in [2.75, 3.05) is 6.54 Å². The van der Waals surface area contributed by atoms with Gasteiger partial charge in [0.25, 0.3) is 0 Å². The molecule has 2 saturated carbocycles. The molecule has 0 bridgehead atoms. The van der Waals surface area contributed by atoms with Crippen LogP contribution in [-0.4, -0.2) is 23.5 Å². The number of carbonyl (C=O) groups excluding carboxylic acids is 1. The Balaban J connectivity index is 1.96. The fourth-order valence-electron chi connectivity index (χ4n) is 3.77. The number of oxime groups is 1. The summed E-state index contributed by atoms with van der Waals surface area (Å²) in [5.41, 5.74) is 5.05. The van der Waals surface area contributed by atoms with Gasteiger partial charge in [0, 0.05) is 6.54 Å². The van der Waals surface area contributed by atoms with Gasteiger partial charge in [0.1, 0.15) is 5.41 Å². The lowest BCUT2D eigenvalue weighted by Gasteiger charge is -2.34. The molecule has 20 heavy (non-hydrogen) atoms. The molecule has 0 heterocycles. The average molecular weight is 281 g/mol. The second-order valence-corrected chi connectivity index (χ2v) is 6.62. The third-order valence-electron chi connectivity index (χ3n) is 5.09. The lowest BCUT2D eigenvalue weighted by Crippen LogP contribution is -2.51. The number of amides is 1. The number of hydrogen-bond acceptors (Lipinski definition) is 3. The van der Waals surface area contributed by atoms with Crippen molar-refractivity contribution in [1.29, 1.82) is 0 Å². The number of rotatable bonds is 4. The van der Waals surface area contributed by atoms with Crippen molar-refractivity contribution in [2.24, 2.45) is 28.1 Å². The monoisotopic (exact) mass is 281 g/mol. The largest absolute Gasteiger partial charge is 0.409 e. The number of nitrogens with one attached hydrogen (secondary N) is 1. The molecule has 2 unspecified atom stereocenters. The van der Waals surface area contributed by atoms with Crippen LogP contribution in [-0.2, 0) is 4.79 Å². The molecule has 0 aromatic carbocycles. The minimum absolute atomic E-state index is 0.0490. The van der Waals surface area contributed by atoms with Gasteiger partial charge in [-0.3, -0.25) is 4.79 Å². The first-order valence-electron chi connectivity index (χ1n) is 7.85. The molecule has 0 aromatic heterocycles. The molecule has 2 fully saturated rings. The van der Waals surface area contributed by atoms with Crippen molar-refractivity contribution in [2.45, 2.75) is 58.3 Å². The summed E-state index contributed by atoms with van der Waals surface area (Å²) in [4.78, 5) is 12.6. The van der Waals surface area contributed by atoms with E-state index in [0.29, 0.717) is 18.8 Å². The van der Waals surface area contributed by atoms with Gasteiger partial charge in [-0.05, 0) is 37.5 Å². The van der Waals surface area contributed by atoms with Crippen molar-refractivity contribution in [3.63, 3.8) is 0 Å². The van der Waals surface area contributed by atoms with E-state index >= 15 is 0 Å². The zero-order valence-corrected chi connectivity index (χ0v) is 12.4. The Kier molecular flexibility index (Phi) is 4.89. The third-order valence-corrected chi connectivity index (χ3v) is 5.09. The van der Waals surface area contributed by atoms with Gasteiger partial charge in [0.05, 0.1) is 0 Å². The van der Waals surface area contributed by atoms with Gasteiger partial charge in [-0.2, -0.15) is 0 Å². The molecular formula is C15H27N3O2. The molecule has 0 saturated heterocycles. The molecule has 2 aliphatic rings. The molecule has 2 aliphatic carbocycles. The number of nitrogens with two attached hydrogens (primary N) is 1. The van der Waals surface area contributed by atoms with Crippen molar-refractivity contribution >= 4 is 11.7 Å². The van der Waals surface area contributed by atoms with Gasteiger partial charge < -0.3 is 16.3 Å². The highest BCUT2D eigenvalue weighted by Crippen LogP contribution is 2.37. The summed E-state index contributed by atoms with van der Waals surface area (Å²) in [7, 11) is 0. The SMILES string of the molecule is CC1CCC(CNC(=O)C2(C(N)=NO)CCCCC2)C1. The maximum atomic E-state index is 12.6. The minimum Gasteiger partial charge on any atom is -0.409 e. The minimum atomic E-state index is -0.781. The Morgan fingerprint density at radius 2 is 2.05 bits per heavy atom. The van der Waals surface area contributed by atoms with Gasteiger partial charge in [0.15, 0.2) is 5.84 Å². The molecule has 5 nitrogen and oxygen atoms in total. The van der Waals surface area contributed by atoms with E-state index in [1.165, 1.54) is 19.3 Å². The molecule has 0 aliphatic heterocycles. The summed E-state index contributed by atoms with van der Waals surface area (Å²) in [6, 6.07) is 0. The van der Waals surface area contributed by atoms with E-state index in [1.54, 1.807) is 0 Å². The molecule has 114 valence electrons. The van der Waals surface area contributed by atoms with Crippen LogP contribution in [0.25, 0.3) is 0 Å². The Bertz CT molecular complexity index is 375. The van der Waals surface area contributed by atoms with Crippen LogP contribution in [0.4, 0.5) is 0 Å². The smallest absolute Gasteiger partial charge is 0.233 e. The first-order valence-corrected chi connectivity index (χ1v) is 7.85. The summed E-state index contributed by atoms with van der Waals surface area (Å²) >= 11 is 0. The predicted molar refractivity (Wildman–Crippen MR) is 78.4 cm³/mol. The van der Waals surface area contributed by atoms with E-state index in [1.807, 2.05) is 0 Å². The lowest BCUT2D eigenvalue weighted by molar-refractivity contribution is -0.129. The molecule has 2 atom stereocenters. The standard InChI is InChI=1S/C15H27N3O2/c1-11-5-6-12(9-11)10-17-14(19)15(13(16)18-20)7-3-2-4-8-15/h11-12,20H,2-10H2,1H3,(H2,16,18)(H,17,19). The normalized spacial score (nSPS) is 30.1. The Morgan fingerprint density at radius 1 is 1.35 bits per heavy atom. The summed E-state index contributed by atoms with van der Waals surface area (Å²) in [5, 5.41) is 15.2. The molecule has 0 aromatic rings. The van der Waals surface area contributed by atoms with Gasteiger partial charge in [-0.25, -0.2) is 0 Å². The fraction of sp³-hybridized carbons (Fsp3) is 0.867. The van der Waals surface area contributed by atoms with E-state index in [4.69, 9.17) is 10.9 Å². The third kappa shape index (κ3) is 3.07. The summed E-state index contributed by atoms with van der Waals surface area (Å²) in [6.07, 6.45) is 8.06. The number of hydrogen-bond donors (Lipinski definition) is 3. The van der Waals surface area contributed by atoms with Crippen LogP contribution in [0.5, 0.6) is 0 Å². The fourth-order valence-corrected chi connectivity index (χ4v) is 3.77. The van der Waals surface area contributed by atoms with E-state index in [0.717, 1.165) is 31.7 Å². The molecule has 2 rings (SSSR count). The Morgan fingerprint density at radius 3 is 2.60 bits per heavy atom. The molecule has 1 amide bonds. The number of nitrogens with zero attached hydrogens (tertiary/aromatic N) is 1. The van der Waals surface area contributed by atoms with Crippen LogP contribution in [0.15, 0.2) is 5.16 Å². The van der Waals surface area contributed by atoms with Crippen molar-refractivity contribution in [3.8, 4) is 0 Å². The molecular weight excluding hydrogens is 254 g/mol. The quantitative estimate of drug-likeness (QED) is 0.319. The molecule has 0 spiro atoms. The molecule has 0 radical (unpaired) electrons. The topological polar surface area (TPSA) is 87.7 Å². The second kappa shape index (κ2) is 6.46. The summed E-state index contributed by atoms with van der Waals surface area (Å²) in [5.74, 6) is 1.38. The predicted octanol–water partition coefficient (Wildman–Crippen LogP) is 2.24. The van der Waals surface area contributed by atoms with Gasteiger partial charge in [-0.1, -0.05) is 37.8 Å². The Hall–Kier alpha value is -1.26. The first kappa shape index (κ1) is 15.1. The summed E-state index contributed by atoms with van der Waals surface area (Å²) < 4.78 is 0. The van der Waals surface area contributed by atoms with Crippen LogP contribution in [0.2, 0.25) is 0 Å². The zero-order valence-electron chi connectivity index (χ0n) is 12.4. The van der Waals surface area contributed by atoms with Crippen LogP contribution >= 0.6 is 0 Å². The van der Waals surface area contributed by atoms with Crippen LogP contribution in [0.3, 0.4) is 0 Å². The average Bonchev–Trinajstić information content (AvgIpc) is 2.90. The molecule has 5 heteroatoms. The van der Waals surface area contributed by atoms with Gasteiger partial charge in [0.2, 0.25) is 5.91 Å². The maximum Gasteiger partial charge on any atom is 0.233 e. The van der Waals surface area contributed by atoms with E-state index in [-0.39, 0.29) is 11.7 Å². The Labute approximate surface area is 121 Å². The van der Waals surface area contributed by atoms with E-state index in [2.05, 4.69) is 17.4 Å². The van der Waals surface area contributed by atoms with Crippen LogP contribution < -0.4 is 11.1 Å². The number of amidine groups is 1. The van der Waals surface area contributed by atoms with E-state index < -0.39 is 5.41 Å². The van der Waals surface area contributed by atoms with Crippen LogP contribution in [0, 0.1) is 17.3 Å². The highest BCUT2D eigenvalue weighted by Gasteiger charge is 2.43. The number of carbonyl (C=O) groups is 1. The first-order chi connectivity index (χ1) is 9.58. The highest BCUT2D eigenvalue weighted by molar-refractivity contribution is 6.06. The highest BCUT2D eigenvalue weighted by atomic mass is 16.4. The van der Waals surface area contributed by atoms with Gasteiger partial charge >= 0.3 is 0 Å². The van der Waals surface area contributed by atoms with Crippen molar-refractivity contribution in [1.82, 2.24) is 5.32 Å². The lowest BCUT2D eigenvalue weighted by atomic mass is 9.72.